The minimum Gasteiger partial charge on any atom is -0.504 e. The van der Waals surface area contributed by atoms with Crippen molar-refractivity contribution in [1.82, 2.24) is 0 Å². The van der Waals surface area contributed by atoms with Gasteiger partial charge in [-0.15, -0.1) is 0 Å². The SMILES string of the molecule is COc1cc2c(=O)oc3c(O)c(O)cc4c(=O)oc(c1OC1OCC(O)C(O)C1O)c2c34. The quantitative estimate of drug-likeness (QED) is 0.157. The lowest BCUT2D eigenvalue weighted by Crippen LogP contribution is -2.54. The number of benzene rings is 2. The smallest absolute Gasteiger partial charge is 0.344 e. The standard InChI is InChI=1S/C20H16O12/c1-28-9-3-6-11-10-5(2-7(21)13(24)16(10)30-19(6)27)18(26)31-17(11)15(9)32-20-14(25)12(23)8(22)4-29-20/h2-3,8,12,14,20-25H,4H2,1H3. The van der Waals surface area contributed by atoms with Gasteiger partial charge in [-0.05, 0) is 12.1 Å². The maximum absolute atomic E-state index is 12.7. The molecule has 168 valence electrons. The van der Waals surface area contributed by atoms with Crippen molar-refractivity contribution >= 4 is 32.7 Å². The van der Waals surface area contributed by atoms with Crippen molar-refractivity contribution in [1.29, 1.82) is 0 Å². The van der Waals surface area contributed by atoms with Crippen molar-refractivity contribution in [2.75, 3.05) is 13.7 Å². The molecule has 0 saturated carbocycles. The van der Waals surface area contributed by atoms with Crippen LogP contribution in [0.25, 0.3) is 32.7 Å². The Morgan fingerprint density at radius 3 is 2.25 bits per heavy atom. The van der Waals surface area contributed by atoms with Crippen molar-refractivity contribution in [3.05, 3.63) is 33.0 Å². The molecule has 2 aromatic carbocycles. The van der Waals surface area contributed by atoms with Gasteiger partial charge >= 0.3 is 11.3 Å². The summed E-state index contributed by atoms with van der Waals surface area (Å²) in [5.41, 5.74) is -2.59. The van der Waals surface area contributed by atoms with Crippen LogP contribution in [0.4, 0.5) is 0 Å². The fourth-order valence-corrected chi connectivity index (χ4v) is 3.82. The normalized spacial score (nSPS) is 23.9. The molecule has 1 saturated heterocycles. The summed E-state index contributed by atoms with van der Waals surface area (Å²) in [5, 5.41) is 49.7. The van der Waals surface area contributed by atoms with Crippen LogP contribution < -0.4 is 20.7 Å². The maximum atomic E-state index is 12.7. The van der Waals surface area contributed by atoms with Crippen molar-refractivity contribution in [2.45, 2.75) is 24.6 Å². The van der Waals surface area contributed by atoms with Gasteiger partial charge in [0.25, 0.3) is 0 Å². The Balaban J connectivity index is 1.84. The van der Waals surface area contributed by atoms with Gasteiger partial charge in [-0.2, -0.15) is 0 Å². The zero-order chi connectivity index (χ0) is 22.9. The third-order valence-corrected chi connectivity index (χ3v) is 5.42. The fraction of sp³-hybridized carbons (Fsp3) is 0.300. The second kappa shape index (κ2) is 6.97. The summed E-state index contributed by atoms with van der Waals surface area (Å²) in [6.07, 6.45) is -6.07. The molecule has 5 N–H and O–H groups in total. The predicted octanol–water partition coefficient (Wildman–Crippen LogP) is -0.272. The number of hydrogen-bond acceptors (Lipinski definition) is 12. The van der Waals surface area contributed by atoms with E-state index in [1.54, 1.807) is 0 Å². The van der Waals surface area contributed by atoms with Crippen LogP contribution >= 0.6 is 0 Å². The van der Waals surface area contributed by atoms with Gasteiger partial charge in [-0.3, -0.25) is 0 Å². The number of aliphatic hydroxyl groups excluding tert-OH is 3. The van der Waals surface area contributed by atoms with Crippen molar-refractivity contribution in [3.63, 3.8) is 0 Å². The van der Waals surface area contributed by atoms with E-state index in [9.17, 15) is 35.1 Å². The van der Waals surface area contributed by atoms with E-state index in [-0.39, 0.29) is 45.2 Å². The summed E-state index contributed by atoms with van der Waals surface area (Å²) in [4.78, 5) is 25.3. The second-order valence-electron chi connectivity index (χ2n) is 7.30. The number of phenolic OH excluding ortho intramolecular Hbond substituents is 2. The molecule has 4 aromatic rings. The third-order valence-electron chi connectivity index (χ3n) is 5.42. The Morgan fingerprint density at radius 2 is 1.56 bits per heavy atom. The molecule has 1 aliphatic heterocycles. The summed E-state index contributed by atoms with van der Waals surface area (Å²) >= 11 is 0. The van der Waals surface area contributed by atoms with Gasteiger partial charge in [0, 0.05) is 10.8 Å². The highest BCUT2D eigenvalue weighted by molar-refractivity contribution is 6.22. The van der Waals surface area contributed by atoms with Crippen LogP contribution in [-0.4, -0.2) is 63.9 Å². The van der Waals surface area contributed by atoms with Crippen LogP contribution in [0.5, 0.6) is 23.0 Å². The van der Waals surface area contributed by atoms with Crippen LogP contribution in [-0.2, 0) is 4.74 Å². The molecule has 1 aliphatic rings. The molecule has 0 amide bonds. The van der Waals surface area contributed by atoms with Crippen molar-refractivity contribution in [3.8, 4) is 23.0 Å². The summed E-state index contributed by atoms with van der Waals surface area (Å²) in [6, 6.07) is 2.21. The number of aromatic hydroxyl groups is 2. The third kappa shape index (κ3) is 2.71. The molecule has 3 heterocycles. The first-order valence-corrected chi connectivity index (χ1v) is 9.34. The number of rotatable bonds is 3. The van der Waals surface area contributed by atoms with E-state index in [1.165, 1.54) is 13.2 Å². The Hall–Kier alpha value is -3.58. The minimum absolute atomic E-state index is 0.00535. The predicted molar refractivity (Wildman–Crippen MR) is 105 cm³/mol. The lowest BCUT2D eigenvalue weighted by Gasteiger charge is -2.35. The Kier molecular flexibility index (Phi) is 4.43. The number of ether oxygens (including phenoxy) is 3. The first kappa shape index (κ1) is 20.3. The van der Waals surface area contributed by atoms with E-state index in [1.807, 2.05) is 0 Å². The van der Waals surface area contributed by atoms with E-state index in [0.717, 1.165) is 6.07 Å². The molecule has 12 nitrogen and oxygen atoms in total. The lowest BCUT2D eigenvalue weighted by molar-refractivity contribution is -0.242. The molecule has 4 unspecified atom stereocenters. The molecule has 4 atom stereocenters. The van der Waals surface area contributed by atoms with Gasteiger partial charge in [-0.1, -0.05) is 0 Å². The second-order valence-corrected chi connectivity index (χ2v) is 7.30. The number of aliphatic hydroxyl groups is 3. The van der Waals surface area contributed by atoms with Gasteiger partial charge in [0.05, 0.1) is 24.5 Å². The van der Waals surface area contributed by atoms with Gasteiger partial charge in [0.1, 0.15) is 18.3 Å². The molecule has 0 spiro atoms. The lowest BCUT2D eigenvalue weighted by atomic mass is 10.0. The van der Waals surface area contributed by atoms with Crippen molar-refractivity contribution < 1.29 is 48.6 Å². The molecule has 32 heavy (non-hydrogen) atoms. The molecule has 5 rings (SSSR count). The van der Waals surface area contributed by atoms with Gasteiger partial charge in [-0.25, -0.2) is 9.59 Å². The zero-order valence-corrected chi connectivity index (χ0v) is 16.3. The summed E-state index contributed by atoms with van der Waals surface area (Å²) in [7, 11) is 1.25. The molecular weight excluding hydrogens is 432 g/mol. The van der Waals surface area contributed by atoms with Crippen molar-refractivity contribution in [2.24, 2.45) is 0 Å². The summed E-state index contributed by atoms with van der Waals surface area (Å²) in [6.45, 7) is -0.349. The monoisotopic (exact) mass is 448 g/mol. The molecular formula is C20H16O12. The average molecular weight is 448 g/mol. The van der Waals surface area contributed by atoms with Gasteiger partial charge < -0.3 is 48.6 Å². The van der Waals surface area contributed by atoms with E-state index >= 15 is 0 Å². The van der Waals surface area contributed by atoms with Crippen LogP contribution in [0.15, 0.2) is 30.6 Å². The molecule has 0 radical (unpaired) electrons. The molecule has 0 aliphatic carbocycles. The largest absolute Gasteiger partial charge is 0.504 e. The molecule has 12 heteroatoms. The Morgan fingerprint density at radius 1 is 0.938 bits per heavy atom. The highest BCUT2D eigenvalue weighted by Gasteiger charge is 2.40. The van der Waals surface area contributed by atoms with Crippen LogP contribution in [0.1, 0.15) is 0 Å². The van der Waals surface area contributed by atoms with Crippen LogP contribution in [0, 0.1) is 0 Å². The Labute approximate surface area is 176 Å². The maximum Gasteiger partial charge on any atom is 0.344 e. The zero-order valence-electron chi connectivity index (χ0n) is 16.3. The molecule has 0 bridgehead atoms. The molecule has 2 aromatic heterocycles. The highest BCUT2D eigenvalue weighted by Crippen LogP contribution is 2.45. The number of methoxy groups -OCH3 is 1. The Bertz CT molecular complexity index is 1470. The van der Waals surface area contributed by atoms with E-state index < -0.39 is 52.9 Å². The van der Waals surface area contributed by atoms with E-state index in [4.69, 9.17) is 23.0 Å². The van der Waals surface area contributed by atoms with E-state index in [0.29, 0.717) is 0 Å². The first-order valence-electron chi connectivity index (χ1n) is 9.34. The molecule has 1 fully saturated rings. The topological polar surface area (TPSA) is 189 Å². The highest BCUT2D eigenvalue weighted by atomic mass is 16.7. The van der Waals surface area contributed by atoms with Crippen LogP contribution in [0.3, 0.4) is 0 Å². The first-order chi connectivity index (χ1) is 15.2. The average Bonchev–Trinajstić information content (AvgIpc) is 2.77. The fourth-order valence-electron chi connectivity index (χ4n) is 3.82. The summed E-state index contributed by atoms with van der Waals surface area (Å²) in [5.74, 6) is -1.77. The van der Waals surface area contributed by atoms with Gasteiger partial charge in [0.15, 0.2) is 22.7 Å². The minimum atomic E-state index is -1.67. The number of phenols is 2. The van der Waals surface area contributed by atoms with E-state index in [2.05, 4.69) is 0 Å². The van der Waals surface area contributed by atoms with Crippen LogP contribution in [0.2, 0.25) is 0 Å². The van der Waals surface area contributed by atoms with Gasteiger partial charge in [0.2, 0.25) is 17.8 Å². The summed E-state index contributed by atoms with van der Waals surface area (Å²) < 4.78 is 26.7. The number of hydrogen-bond donors (Lipinski definition) is 5.